The highest BCUT2D eigenvalue weighted by atomic mass is 35.5. The van der Waals surface area contributed by atoms with Crippen molar-refractivity contribution in [2.45, 2.75) is 59.4 Å². The number of piperidine rings is 1. The Balaban J connectivity index is 1.62. The number of aromatic amines is 1. The molecule has 1 spiro atoms. The molecular formula is C23H34ClN7O2. The molecule has 0 radical (unpaired) electrons. The number of H-pyrrole nitrogens is 1. The molecule has 1 saturated heterocycles. The number of nitrogens with zero attached hydrogens (tertiary/aromatic N) is 5. The van der Waals surface area contributed by atoms with Crippen LogP contribution in [0.1, 0.15) is 52.1 Å². The summed E-state index contributed by atoms with van der Waals surface area (Å²) in [5.41, 5.74) is 0.900. The Bertz CT molecular complexity index is 1020. The van der Waals surface area contributed by atoms with E-state index in [0.717, 1.165) is 31.4 Å². The van der Waals surface area contributed by atoms with E-state index >= 15 is 0 Å². The van der Waals surface area contributed by atoms with E-state index in [-0.39, 0.29) is 16.9 Å². The first kappa shape index (κ1) is 23.6. The number of aryl methyl sites for hydroxylation is 1. The quantitative estimate of drug-likeness (QED) is 0.575. The average molecular weight is 476 g/mol. The second-order valence-corrected chi connectivity index (χ2v) is 11.1. The Labute approximate surface area is 199 Å². The summed E-state index contributed by atoms with van der Waals surface area (Å²) in [6.07, 6.45) is 4.73. The summed E-state index contributed by atoms with van der Waals surface area (Å²) in [6, 6.07) is 2.08. The Morgan fingerprint density at radius 2 is 2.15 bits per heavy atom. The van der Waals surface area contributed by atoms with Crippen molar-refractivity contribution in [3.8, 4) is 0 Å². The lowest BCUT2D eigenvalue weighted by Gasteiger charge is -2.50. The smallest absolute Gasteiger partial charge is 0.407 e. The van der Waals surface area contributed by atoms with E-state index in [0.29, 0.717) is 41.6 Å². The molecule has 0 aromatic carbocycles. The lowest BCUT2D eigenvalue weighted by Crippen LogP contribution is -2.53. The molecule has 1 aliphatic heterocycles. The van der Waals surface area contributed by atoms with Crippen LogP contribution in [-0.2, 0) is 0 Å². The van der Waals surface area contributed by atoms with E-state index in [2.05, 4.69) is 46.2 Å². The van der Waals surface area contributed by atoms with Crippen molar-refractivity contribution >= 4 is 35.3 Å². The fraction of sp³-hybridized carbons (Fsp3) is 0.652. The van der Waals surface area contributed by atoms with Crippen molar-refractivity contribution in [2.75, 3.05) is 30.4 Å². The minimum atomic E-state index is -0.816. The van der Waals surface area contributed by atoms with E-state index in [1.165, 1.54) is 0 Å². The molecule has 2 aromatic heterocycles. The largest absolute Gasteiger partial charge is 0.465 e. The highest BCUT2D eigenvalue weighted by Gasteiger charge is 2.56. The molecular weight excluding hydrogens is 442 g/mol. The number of hydrogen-bond acceptors (Lipinski definition) is 6. The molecule has 3 N–H and O–H groups in total. The van der Waals surface area contributed by atoms with E-state index < -0.39 is 6.09 Å². The van der Waals surface area contributed by atoms with Crippen LogP contribution in [0.25, 0.3) is 0 Å². The lowest BCUT2D eigenvalue weighted by atomic mass is 9.61. The van der Waals surface area contributed by atoms with Gasteiger partial charge in [0.2, 0.25) is 5.95 Å². The summed E-state index contributed by atoms with van der Waals surface area (Å²) in [5.74, 6) is 2.04. The Hall–Kier alpha value is -2.55. The third-order valence-corrected chi connectivity index (χ3v) is 7.57. The van der Waals surface area contributed by atoms with Crippen LogP contribution in [0.2, 0.25) is 5.02 Å². The van der Waals surface area contributed by atoms with Crippen LogP contribution in [0.3, 0.4) is 0 Å². The van der Waals surface area contributed by atoms with Gasteiger partial charge in [0.15, 0.2) is 11.6 Å². The molecule has 10 heteroatoms. The minimum Gasteiger partial charge on any atom is -0.465 e. The molecule has 3 unspecified atom stereocenters. The van der Waals surface area contributed by atoms with E-state index in [9.17, 15) is 9.90 Å². The number of carbonyl (C=O) groups is 1. The molecule has 33 heavy (non-hydrogen) atoms. The van der Waals surface area contributed by atoms with Crippen molar-refractivity contribution in [1.29, 1.82) is 0 Å². The summed E-state index contributed by atoms with van der Waals surface area (Å²) < 4.78 is 0. The van der Waals surface area contributed by atoms with Crippen LogP contribution in [0, 0.1) is 23.7 Å². The van der Waals surface area contributed by atoms with Gasteiger partial charge in [-0.1, -0.05) is 32.4 Å². The fourth-order valence-corrected chi connectivity index (χ4v) is 6.37. The zero-order valence-corrected chi connectivity index (χ0v) is 20.8. The molecule has 180 valence electrons. The maximum atomic E-state index is 11.8. The summed E-state index contributed by atoms with van der Waals surface area (Å²) in [6.45, 7) is 9.94. The zero-order valence-electron chi connectivity index (χ0n) is 20.0. The van der Waals surface area contributed by atoms with E-state index in [1.54, 1.807) is 11.1 Å². The summed E-state index contributed by atoms with van der Waals surface area (Å²) in [7, 11) is 2.03. The SMILES string of the molecule is Cc1cc(Nc2nc(N(C)C3CCC4(CCCN(C(=O)O)C4)C3C(C)(C)C)ncc2Cl)n[nH]1. The third-order valence-electron chi connectivity index (χ3n) is 7.29. The highest BCUT2D eigenvalue weighted by Crippen LogP contribution is 2.57. The van der Waals surface area contributed by atoms with Gasteiger partial charge in [0.05, 0.1) is 6.20 Å². The molecule has 1 saturated carbocycles. The Morgan fingerprint density at radius 1 is 1.39 bits per heavy atom. The van der Waals surface area contributed by atoms with Gasteiger partial charge in [0.25, 0.3) is 0 Å². The highest BCUT2D eigenvalue weighted by molar-refractivity contribution is 6.32. The van der Waals surface area contributed by atoms with Crippen LogP contribution < -0.4 is 10.2 Å². The third kappa shape index (κ3) is 4.60. The van der Waals surface area contributed by atoms with E-state index in [4.69, 9.17) is 16.6 Å². The van der Waals surface area contributed by atoms with Gasteiger partial charge < -0.3 is 20.2 Å². The lowest BCUT2D eigenvalue weighted by molar-refractivity contribution is 0.00556. The molecule has 0 bridgehead atoms. The van der Waals surface area contributed by atoms with Gasteiger partial charge in [-0.05, 0) is 49.4 Å². The molecule has 2 aliphatic rings. The number of aromatic nitrogens is 4. The molecule has 3 heterocycles. The zero-order chi connectivity index (χ0) is 24.0. The molecule has 9 nitrogen and oxygen atoms in total. The maximum Gasteiger partial charge on any atom is 0.407 e. The van der Waals surface area contributed by atoms with Gasteiger partial charge in [-0.25, -0.2) is 9.78 Å². The summed E-state index contributed by atoms with van der Waals surface area (Å²) >= 11 is 6.38. The number of amides is 1. The molecule has 2 aromatic rings. The second kappa shape index (κ2) is 8.66. The van der Waals surface area contributed by atoms with Crippen LogP contribution in [0.15, 0.2) is 12.3 Å². The van der Waals surface area contributed by atoms with Crippen LogP contribution in [0.5, 0.6) is 0 Å². The molecule has 1 aliphatic carbocycles. The number of hydrogen-bond donors (Lipinski definition) is 3. The molecule has 4 rings (SSSR count). The molecule has 2 fully saturated rings. The van der Waals surface area contributed by atoms with Crippen LogP contribution >= 0.6 is 11.6 Å². The van der Waals surface area contributed by atoms with E-state index in [1.807, 2.05) is 20.0 Å². The van der Waals surface area contributed by atoms with Crippen molar-refractivity contribution in [3.05, 3.63) is 23.0 Å². The normalized spacial score (nSPS) is 25.5. The molecule has 3 atom stereocenters. The van der Waals surface area contributed by atoms with Crippen molar-refractivity contribution in [2.24, 2.45) is 16.7 Å². The van der Waals surface area contributed by atoms with Crippen molar-refractivity contribution in [3.63, 3.8) is 0 Å². The number of carboxylic acid groups (broad SMARTS) is 1. The van der Waals surface area contributed by atoms with Crippen LogP contribution in [-0.4, -0.2) is 62.4 Å². The predicted octanol–water partition coefficient (Wildman–Crippen LogP) is 4.93. The number of halogens is 1. The molecule has 1 amide bonds. The van der Waals surface area contributed by atoms with Crippen molar-refractivity contribution < 1.29 is 9.90 Å². The van der Waals surface area contributed by atoms with Gasteiger partial charge in [-0.2, -0.15) is 10.1 Å². The standard InChI is InChI=1S/C23H34ClN7O2/c1-14-11-17(29-28-14)26-19-15(24)12-25-20(27-19)30(5)16-7-9-23(18(16)22(2,3)4)8-6-10-31(13-23)21(32)33/h11-12,16,18H,6-10,13H2,1-5H3,(H,32,33)(H2,25,26,27,28,29). The monoisotopic (exact) mass is 475 g/mol. The average Bonchev–Trinajstić information content (AvgIpc) is 3.32. The summed E-state index contributed by atoms with van der Waals surface area (Å²) in [4.78, 5) is 24.8. The number of anilines is 3. The topological polar surface area (TPSA) is 110 Å². The van der Waals surface area contributed by atoms with Gasteiger partial charge in [-0.15, -0.1) is 0 Å². The first-order valence-electron chi connectivity index (χ1n) is 11.5. The first-order valence-corrected chi connectivity index (χ1v) is 11.9. The number of likely N-dealkylation sites (tertiary alicyclic amines) is 1. The number of rotatable bonds is 4. The maximum absolute atomic E-state index is 11.8. The minimum absolute atomic E-state index is 0.00296. The van der Waals surface area contributed by atoms with Gasteiger partial charge >= 0.3 is 6.09 Å². The van der Waals surface area contributed by atoms with Crippen molar-refractivity contribution in [1.82, 2.24) is 25.1 Å². The number of nitrogens with one attached hydrogen (secondary N) is 2. The van der Waals surface area contributed by atoms with Gasteiger partial charge in [0, 0.05) is 37.9 Å². The summed E-state index contributed by atoms with van der Waals surface area (Å²) in [5, 5.41) is 20.4. The van der Waals surface area contributed by atoms with Crippen LogP contribution in [0.4, 0.5) is 22.4 Å². The first-order chi connectivity index (χ1) is 15.5. The van der Waals surface area contributed by atoms with Gasteiger partial charge in [-0.3, -0.25) is 5.10 Å². The Kier molecular flexibility index (Phi) is 6.20. The predicted molar refractivity (Wildman–Crippen MR) is 129 cm³/mol. The second-order valence-electron chi connectivity index (χ2n) is 10.7. The van der Waals surface area contributed by atoms with Gasteiger partial charge in [0.1, 0.15) is 5.02 Å². The fourth-order valence-electron chi connectivity index (χ4n) is 6.23. The Morgan fingerprint density at radius 3 is 2.79 bits per heavy atom.